The minimum Gasteiger partial charge on any atom is -0.497 e. The van der Waals surface area contributed by atoms with Gasteiger partial charge in [-0.1, -0.05) is 6.07 Å². The summed E-state index contributed by atoms with van der Waals surface area (Å²) >= 11 is 0. The Morgan fingerprint density at radius 2 is 2.16 bits per heavy atom. The summed E-state index contributed by atoms with van der Waals surface area (Å²) in [5.41, 5.74) is 1.90. The van der Waals surface area contributed by atoms with Crippen molar-refractivity contribution in [3.05, 3.63) is 59.9 Å². The fourth-order valence-electron chi connectivity index (χ4n) is 3.19. The van der Waals surface area contributed by atoms with Crippen molar-refractivity contribution in [1.29, 1.82) is 0 Å². The number of aromatic nitrogens is 1. The lowest BCUT2D eigenvalue weighted by molar-refractivity contribution is -0.126. The number of nitrogens with zero attached hydrogens (tertiary/aromatic N) is 2. The van der Waals surface area contributed by atoms with Gasteiger partial charge in [-0.2, -0.15) is 0 Å². The van der Waals surface area contributed by atoms with Crippen molar-refractivity contribution in [3.63, 3.8) is 0 Å². The molecule has 1 aromatic heterocycles. The van der Waals surface area contributed by atoms with Gasteiger partial charge in [-0.25, -0.2) is 0 Å². The van der Waals surface area contributed by atoms with Gasteiger partial charge in [0.1, 0.15) is 11.5 Å². The molecule has 0 bridgehead atoms. The van der Waals surface area contributed by atoms with Crippen molar-refractivity contribution in [2.75, 3.05) is 20.8 Å². The number of carbonyl (C=O) groups is 1. The first-order chi connectivity index (χ1) is 12.2. The van der Waals surface area contributed by atoms with E-state index in [-0.39, 0.29) is 11.9 Å². The molecule has 0 N–H and O–H groups in total. The van der Waals surface area contributed by atoms with Gasteiger partial charge in [-0.05, 0) is 48.7 Å². The molecule has 1 amide bonds. The van der Waals surface area contributed by atoms with E-state index in [4.69, 9.17) is 9.47 Å². The molecular weight excluding hydrogens is 316 g/mol. The zero-order valence-corrected chi connectivity index (χ0v) is 14.5. The predicted molar refractivity (Wildman–Crippen MR) is 96.5 cm³/mol. The smallest absolute Gasteiger partial charge is 0.247 e. The SMILES string of the molecule is COc1ccc(OC)c(C2CCCN2C(=O)/C=C/c2cccnc2)c1. The van der Waals surface area contributed by atoms with Crippen LogP contribution >= 0.6 is 0 Å². The van der Waals surface area contributed by atoms with E-state index < -0.39 is 0 Å². The monoisotopic (exact) mass is 338 g/mol. The number of rotatable bonds is 5. The van der Waals surface area contributed by atoms with Crippen LogP contribution in [-0.2, 0) is 4.79 Å². The van der Waals surface area contributed by atoms with E-state index in [1.807, 2.05) is 35.2 Å². The van der Waals surface area contributed by atoms with Crippen LogP contribution in [0.4, 0.5) is 0 Å². The summed E-state index contributed by atoms with van der Waals surface area (Å²) in [7, 11) is 3.29. The molecule has 5 nitrogen and oxygen atoms in total. The van der Waals surface area contributed by atoms with Crippen LogP contribution in [-0.4, -0.2) is 36.6 Å². The second-order valence-corrected chi connectivity index (χ2v) is 5.92. The first-order valence-electron chi connectivity index (χ1n) is 8.33. The highest BCUT2D eigenvalue weighted by atomic mass is 16.5. The molecule has 1 fully saturated rings. The topological polar surface area (TPSA) is 51.7 Å². The molecule has 1 unspecified atom stereocenters. The Morgan fingerprint density at radius 1 is 1.28 bits per heavy atom. The van der Waals surface area contributed by atoms with E-state index in [1.54, 1.807) is 38.8 Å². The molecular formula is C20H22N2O3. The fourth-order valence-corrected chi connectivity index (χ4v) is 3.19. The van der Waals surface area contributed by atoms with Crippen LogP contribution in [0.2, 0.25) is 0 Å². The first kappa shape index (κ1) is 17.0. The van der Waals surface area contributed by atoms with E-state index in [9.17, 15) is 4.79 Å². The summed E-state index contributed by atoms with van der Waals surface area (Å²) in [6, 6.07) is 9.48. The van der Waals surface area contributed by atoms with Crippen molar-refractivity contribution in [2.45, 2.75) is 18.9 Å². The van der Waals surface area contributed by atoms with Gasteiger partial charge in [0.05, 0.1) is 20.3 Å². The first-order valence-corrected chi connectivity index (χ1v) is 8.33. The third kappa shape index (κ3) is 3.82. The molecule has 1 aliphatic rings. The van der Waals surface area contributed by atoms with Crippen molar-refractivity contribution in [2.24, 2.45) is 0 Å². The number of amides is 1. The summed E-state index contributed by atoms with van der Waals surface area (Å²) in [4.78, 5) is 18.7. The lowest BCUT2D eigenvalue weighted by Crippen LogP contribution is -2.29. The van der Waals surface area contributed by atoms with Crippen LogP contribution in [0, 0.1) is 0 Å². The summed E-state index contributed by atoms with van der Waals surface area (Å²) < 4.78 is 10.8. The average Bonchev–Trinajstić information content (AvgIpc) is 3.16. The largest absolute Gasteiger partial charge is 0.497 e. The molecule has 1 saturated heterocycles. The molecule has 2 aromatic rings. The summed E-state index contributed by atoms with van der Waals surface area (Å²) in [6.45, 7) is 0.737. The number of benzene rings is 1. The molecule has 0 aliphatic carbocycles. The molecule has 1 aliphatic heterocycles. The number of ether oxygens (including phenoxy) is 2. The number of methoxy groups -OCH3 is 2. The van der Waals surface area contributed by atoms with E-state index in [0.717, 1.165) is 42.0 Å². The maximum absolute atomic E-state index is 12.7. The molecule has 0 saturated carbocycles. The standard InChI is InChI=1S/C20H22N2O3/c1-24-16-8-9-19(25-2)17(13-16)18-6-4-12-22(18)20(23)10-7-15-5-3-11-21-14-15/h3,5,7-11,13-14,18H,4,6,12H2,1-2H3/b10-7+. The van der Waals surface area contributed by atoms with E-state index in [2.05, 4.69) is 4.98 Å². The normalized spacial score (nSPS) is 17.0. The molecule has 2 heterocycles. The maximum Gasteiger partial charge on any atom is 0.247 e. The lowest BCUT2D eigenvalue weighted by atomic mass is 10.0. The van der Waals surface area contributed by atoms with Crippen LogP contribution < -0.4 is 9.47 Å². The van der Waals surface area contributed by atoms with Crippen LogP contribution in [0.25, 0.3) is 6.08 Å². The van der Waals surface area contributed by atoms with Gasteiger partial charge in [0.2, 0.25) is 5.91 Å². The molecule has 1 aromatic carbocycles. The molecule has 0 radical (unpaired) electrons. The minimum atomic E-state index is -0.00361. The minimum absolute atomic E-state index is 0.00349. The highest BCUT2D eigenvalue weighted by Gasteiger charge is 2.31. The zero-order chi connectivity index (χ0) is 17.6. The molecule has 130 valence electrons. The highest BCUT2D eigenvalue weighted by Crippen LogP contribution is 2.39. The number of hydrogen-bond donors (Lipinski definition) is 0. The van der Waals surface area contributed by atoms with Crippen molar-refractivity contribution < 1.29 is 14.3 Å². The fraction of sp³-hybridized carbons (Fsp3) is 0.300. The molecule has 5 heteroatoms. The van der Waals surface area contributed by atoms with Crippen molar-refractivity contribution in [3.8, 4) is 11.5 Å². The zero-order valence-electron chi connectivity index (χ0n) is 14.5. The Labute approximate surface area is 147 Å². The Kier molecular flexibility index (Phi) is 5.33. The van der Waals surface area contributed by atoms with Gasteiger partial charge < -0.3 is 14.4 Å². The molecule has 3 rings (SSSR count). The van der Waals surface area contributed by atoms with Gasteiger partial charge >= 0.3 is 0 Å². The predicted octanol–water partition coefficient (Wildman–Crippen LogP) is 3.48. The maximum atomic E-state index is 12.7. The second-order valence-electron chi connectivity index (χ2n) is 5.92. The quantitative estimate of drug-likeness (QED) is 0.783. The third-order valence-corrected chi connectivity index (χ3v) is 4.43. The number of hydrogen-bond acceptors (Lipinski definition) is 4. The average molecular weight is 338 g/mol. The summed E-state index contributed by atoms with van der Waals surface area (Å²) in [5, 5.41) is 0. The van der Waals surface area contributed by atoms with Crippen LogP contribution in [0.5, 0.6) is 11.5 Å². The Morgan fingerprint density at radius 3 is 2.88 bits per heavy atom. The third-order valence-electron chi connectivity index (χ3n) is 4.43. The summed E-state index contributed by atoms with van der Waals surface area (Å²) in [5.74, 6) is 1.54. The van der Waals surface area contributed by atoms with Gasteiger partial charge in [-0.15, -0.1) is 0 Å². The Balaban J connectivity index is 1.83. The Bertz CT molecular complexity index is 759. The van der Waals surface area contributed by atoms with Crippen LogP contribution in [0.15, 0.2) is 48.8 Å². The number of likely N-dealkylation sites (tertiary alicyclic amines) is 1. The number of pyridine rings is 1. The molecule has 0 spiro atoms. The van der Waals surface area contributed by atoms with Crippen molar-refractivity contribution in [1.82, 2.24) is 9.88 Å². The lowest BCUT2D eigenvalue weighted by Gasteiger charge is -2.25. The van der Waals surface area contributed by atoms with Gasteiger partial charge in [0.15, 0.2) is 0 Å². The number of carbonyl (C=O) groups excluding carboxylic acids is 1. The summed E-state index contributed by atoms with van der Waals surface area (Å²) in [6.07, 6.45) is 8.74. The van der Waals surface area contributed by atoms with Crippen LogP contribution in [0.3, 0.4) is 0 Å². The molecule has 25 heavy (non-hydrogen) atoms. The Hall–Kier alpha value is -2.82. The second kappa shape index (κ2) is 7.83. The van der Waals surface area contributed by atoms with Gasteiger partial charge in [0, 0.05) is 30.6 Å². The van der Waals surface area contributed by atoms with E-state index in [0.29, 0.717) is 0 Å². The highest BCUT2D eigenvalue weighted by molar-refractivity contribution is 5.92. The van der Waals surface area contributed by atoms with E-state index >= 15 is 0 Å². The van der Waals surface area contributed by atoms with Gasteiger partial charge in [-0.3, -0.25) is 9.78 Å². The van der Waals surface area contributed by atoms with E-state index in [1.165, 1.54) is 0 Å². The molecule has 1 atom stereocenters. The van der Waals surface area contributed by atoms with Crippen LogP contribution in [0.1, 0.15) is 30.0 Å². The van der Waals surface area contributed by atoms with Crippen molar-refractivity contribution >= 4 is 12.0 Å². The van der Waals surface area contributed by atoms with Gasteiger partial charge in [0.25, 0.3) is 0 Å².